The summed E-state index contributed by atoms with van der Waals surface area (Å²) in [5, 5.41) is 14.1. The van der Waals surface area contributed by atoms with Crippen LogP contribution in [0, 0.1) is 0 Å². The van der Waals surface area contributed by atoms with Crippen molar-refractivity contribution < 1.29 is 0 Å². The summed E-state index contributed by atoms with van der Waals surface area (Å²) in [5.74, 6) is 0. The Morgan fingerprint density at radius 3 is 1.22 bits per heavy atom. The fourth-order valence-electron chi connectivity index (χ4n) is 14.2. The predicted molar refractivity (Wildman–Crippen MR) is 387 cm³/mol. The van der Waals surface area contributed by atoms with Crippen LogP contribution < -0.4 is 0 Å². The van der Waals surface area contributed by atoms with E-state index in [0.29, 0.717) is 0 Å². The fraction of sp³-hybridized carbons (Fsp3) is 0. The minimum absolute atomic E-state index is 0.953. The van der Waals surface area contributed by atoms with Gasteiger partial charge in [-0.1, -0.05) is 206 Å². The highest BCUT2D eigenvalue weighted by molar-refractivity contribution is 6.18. The summed E-state index contributed by atoms with van der Waals surface area (Å²) in [6, 6.07) is 111. The number of fused-ring (bicyclic) bond motifs is 10. The summed E-state index contributed by atoms with van der Waals surface area (Å²) in [4.78, 5) is 19.5. The van der Waals surface area contributed by atoms with Gasteiger partial charge in [-0.25, -0.2) is 0 Å². The molecule has 0 aliphatic carbocycles. The van der Waals surface area contributed by atoms with Gasteiger partial charge in [0.15, 0.2) is 0 Å². The van der Waals surface area contributed by atoms with E-state index in [0.717, 1.165) is 122 Å². The molecular weight excluding hydrogens is 1110 g/mol. The molecule has 92 heavy (non-hydrogen) atoms. The van der Waals surface area contributed by atoms with Gasteiger partial charge in [-0.3, -0.25) is 19.9 Å². The number of benzene rings is 14. The number of pyridine rings is 4. The third-order valence-corrected chi connectivity index (χ3v) is 18.7. The van der Waals surface area contributed by atoms with E-state index in [1.165, 1.54) is 65.3 Å². The van der Waals surface area contributed by atoms with Crippen molar-refractivity contribution in [3.05, 3.63) is 328 Å². The van der Waals surface area contributed by atoms with E-state index in [1.807, 2.05) is 36.8 Å². The van der Waals surface area contributed by atoms with E-state index in [9.17, 15) is 0 Å². The van der Waals surface area contributed by atoms with Crippen molar-refractivity contribution in [2.75, 3.05) is 0 Å². The lowest BCUT2D eigenvalue weighted by Gasteiger charge is -2.17. The third kappa shape index (κ3) is 9.23. The number of nitrogens with zero attached hydrogens (tertiary/aromatic N) is 4. The maximum atomic E-state index is 5.46. The zero-order chi connectivity index (χ0) is 60.6. The van der Waals surface area contributed by atoms with Crippen LogP contribution in [-0.2, 0) is 0 Å². The van der Waals surface area contributed by atoms with Crippen LogP contribution >= 0.6 is 0 Å². The maximum absolute atomic E-state index is 5.46. The molecule has 0 N–H and O–H groups in total. The van der Waals surface area contributed by atoms with Crippen molar-refractivity contribution >= 4 is 86.7 Å². The lowest BCUT2D eigenvalue weighted by Crippen LogP contribution is -1.92. The molecule has 18 aromatic rings. The van der Waals surface area contributed by atoms with Gasteiger partial charge >= 0.3 is 0 Å². The first-order valence-electron chi connectivity index (χ1n) is 31.4. The number of hydrogen-bond donors (Lipinski definition) is 0. The van der Waals surface area contributed by atoms with E-state index >= 15 is 0 Å². The Kier molecular flexibility index (Phi) is 12.5. The number of rotatable bonds is 9. The van der Waals surface area contributed by atoms with Crippen molar-refractivity contribution in [3.63, 3.8) is 0 Å². The highest BCUT2D eigenvalue weighted by Gasteiger charge is 2.19. The van der Waals surface area contributed by atoms with E-state index in [4.69, 9.17) is 9.97 Å². The van der Waals surface area contributed by atoms with Crippen LogP contribution in [0.25, 0.3) is 187 Å². The van der Waals surface area contributed by atoms with Crippen molar-refractivity contribution in [2.45, 2.75) is 0 Å². The van der Waals surface area contributed by atoms with E-state index in [1.54, 1.807) is 0 Å². The van der Waals surface area contributed by atoms with Gasteiger partial charge in [0.05, 0.1) is 22.1 Å². The molecule has 0 radical (unpaired) electrons. The van der Waals surface area contributed by atoms with E-state index in [2.05, 4.69) is 301 Å². The summed E-state index contributed by atoms with van der Waals surface area (Å²) >= 11 is 0. The standard InChI is InChI=1S/C88H54N4/c1-2-27-73-55(13-1)32-35-79-81(66-22-6-21-65(48-66)75-29-7-14-56-24-10-42-91-87(56)75)50-70(52-83(73)79)60-18-5-20-64(45-60)76-30-8-23-69-49-72(54-92-88(69)76)82-51-71(59-17-3-15-57(43-59)61-33-38-85-67(46-61)25-11-40-89-85)53-84-77-31-9-28-74(78(77)36-37-80(82)84)63-19-4-16-58(44-63)62-34-39-86-68(47-62)26-12-41-90-86/h1-54H. The molecule has 0 bridgehead atoms. The van der Waals surface area contributed by atoms with Crippen LogP contribution in [-0.4, -0.2) is 19.9 Å². The fourth-order valence-corrected chi connectivity index (χ4v) is 14.2. The maximum Gasteiger partial charge on any atom is 0.0780 e. The van der Waals surface area contributed by atoms with Gasteiger partial charge in [0.25, 0.3) is 0 Å². The Morgan fingerprint density at radius 2 is 0.565 bits per heavy atom. The molecule has 14 aromatic carbocycles. The second-order valence-electron chi connectivity index (χ2n) is 24.1. The summed E-state index contributed by atoms with van der Waals surface area (Å²) in [5.41, 5.74) is 24.4. The van der Waals surface area contributed by atoms with Crippen LogP contribution in [0.5, 0.6) is 0 Å². The summed E-state index contributed by atoms with van der Waals surface area (Å²) in [7, 11) is 0. The second kappa shape index (κ2) is 21.8. The Hall–Kier alpha value is -12.2. The second-order valence-corrected chi connectivity index (χ2v) is 24.1. The summed E-state index contributed by atoms with van der Waals surface area (Å²) in [6.07, 6.45) is 7.68. The van der Waals surface area contributed by atoms with Crippen LogP contribution in [0.2, 0.25) is 0 Å². The van der Waals surface area contributed by atoms with Crippen molar-refractivity contribution in [3.8, 4) is 100 Å². The van der Waals surface area contributed by atoms with Crippen molar-refractivity contribution in [1.29, 1.82) is 0 Å². The molecule has 0 saturated heterocycles. The first kappa shape index (κ1) is 52.8. The van der Waals surface area contributed by atoms with Gasteiger partial charge in [-0.05, 0) is 224 Å². The Bertz CT molecular complexity index is 6040. The molecule has 4 aromatic heterocycles. The van der Waals surface area contributed by atoms with Crippen LogP contribution in [0.15, 0.2) is 328 Å². The molecule has 0 amide bonds. The Morgan fingerprint density at radius 1 is 0.163 bits per heavy atom. The average Bonchev–Trinajstić information content (AvgIpc) is 0.801. The smallest absolute Gasteiger partial charge is 0.0780 e. The minimum atomic E-state index is 0.953. The minimum Gasteiger partial charge on any atom is -0.256 e. The summed E-state index contributed by atoms with van der Waals surface area (Å²) in [6.45, 7) is 0. The molecule has 0 aliphatic heterocycles. The highest BCUT2D eigenvalue weighted by Crippen LogP contribution is 2.45. The highest BCUT2D eigenvalue weighted by atomic mass is 14.7. The average molecular weight is 1170 g/mol. The van der Waals surface area contributed by atoms with E-state index in [-0.39, 0.29) is 0 Å². The molecule has 426 valence electrons. The van der Waals surface area contributed by atoms with Gasteiger partial charge in [-0.15, -0.1) is 0 Å². The SMILES string of the molecule is c1cc(-c2ccc3ncccc3c2)cc(-c2cc(-c3cnc4c(-c5cccc(-c6cc(-c7cccc(-c8cccc9cccnc89)c7)c7ccc8ccccc8c7c6)c5)cccc4c3)c3ccc4c(-c5cccc(-c6ccc7ncccc7c6)c5)cccc4c3c2)c1. The lowest BCUT2D eigenvalue weighted by atomic mass is 9.88. The molecule has 0 spiro atoms. The van der Waals surface area contributed by atoms with Crippen LogP contribution in [0.1, 0.15) is 0 Å². The molecule has 0 saturated carbocycles. The monoisotopic (exact) mass is 1170 g/mol. The normalized spacial score (nSPS) is 11.7. The van der Waals surface area contributed by atoms with Crippen LogP contribution in [0.3, 0.4) is 0 Å². The van der Waals surface area contributed by atoms with Crippen molar-refractivity contribution in [2.24, 2.45) is 0 Å². The first-order valence-corrected chi connectivity index (χ1v) is 31.4. The van der Waals surface area contributed by atoms with Gasteiger partial charge in [-0.2, -0.15) is 0 Å². The molecule has 0 unspecified atom stereocenters. The quantitative estimate of drug-likeness (QED) is 0.135. The largest absolute Gasteiger partial charge is 0.256 e. The van der Waals surface area contributed by atoms with Crippen LogP contribution in [0.4, 0.5) is 0 Å². The Balaban J connectivity index is 0.761. The first-order chi connectivity index (χ1) is 45.5. The molecule has 0 atom stereocenters. The van der Waals surface area contributed by atoms with Gasteiger partial charge in [0.1, 0.15) is 0 Å². The Labute approximate surface area is 531 Å². The third-order valence-electron chi connectivity index (χ3n) is 18.7. The molecular formula is C88H54N4. The number of para-hydroxylation sites is 2. The van der Waals surface area contributed by atoms with Crippen molar-refractivity contribution in [1.82, 2.24) is 19.9 Å². The topological polar surface area (TPSA) is 51.6 Å². The van der Waals surface area contributed by atoms with Gasteiger partial charge in [0.2, 0.25) is 0 Å². The van der Waals surface area contributed by atoms with Gasteiger partial charge in [0, 0.05) is 63.0 Å². The zero-order valence-corrected chi connectivity index (χ0v) is 50.0. The number of hydrogen-bond acceptors (Lipinski definition) is 4. The molecule has 4 heterocycles. The van der Waals surface area contributed by atoms with E-state index < -0.39 is 0 Å². The molecule has 18 rings (SSSR count). The predicted octanol–water partition coefficient (Wildman–Crippen LogP) is 23.5. The zero-order valence-electron chi connectivity index (χ0n) is 50.0. The molecule has 4 nitrogen and oxygen atoms in total. The van der Waals surface area contributed by atoms with Gasteiger partial charge < -0.3 is 0 Å². The molecule has 0 fully saturated rings. The lowest BCUT2D eigenvalue weighted by molar-refractivity contribution is 1.41. The number of aromatic nitrogens is 4. The summed E-state index contributed by atoms with van der Waals surface area (Å²) < 4.78 is 0. The molecule has 4 heteroatoms. The molecule has 0 aliphatic rings.